The van der Waals surface area contributed by atoms with Gasteiger partial charge in [0.15, 0.2) is 5.96 Å². The van der Waals surface area contributed by atoms with Gasteiger partial charge in [-0.15, -0.1) is 24.0 Å². The summed E-state index contributed by atoms with van der Waals surface area (Å²) in [7, 11) is 1.63. The second kappa shape index (κ2) is 12.2. The van der Waals surface area contributed by atoms with Crippen LogP contribution in [0, 0.1) is 17.1 Å². The molecule has 1 aliphatic rings. The van der Waals surface area contributed by atoms with E-state index in [1.165, 1.54) is 18.2 Å². The lowest BCUT2D eigenvalue weighted by molar-refractivity contribution is -0.137. The molecule has 0 aromatic heterocycles. The third-order valence-electron chi connectivity index (χ3n) is 5.44. The first-order valence-corrected chi connectivity index (χ1v) is 10.3. The second-order valence-corrected chi connectivity index (χ2v) is 7.74. The van der Waals surface area contributed by atoms with E-state index in [0.717, 1.165) is 32.0 Å². The molecule has 0 radical (unpaired) electrons. The summed E-state index contributed by atoms with van der Waals surface area (Å²) < 4.78 is 52.8. The average molecular weight is 575 g/mol. The van der Waals surface area contributed by atoms with Crippen LogP contribution in [0.2, 0.25) is 0 Å². The first-order valence-electron chi connectivity index (χ1n) is 10.3. The van der Waals surface area contributed by atoms with Crippen molar-refractivity contribution >= 4 is 29.9 Å². The normalized spacial score (nSPS) is 15.5. The Morgan fingerprint density at radius 3 is 2.52 bits per heavy atom. The van der Waals surface area contributed by atoms with Gasteiger partial charge in [-0.2, -0.15) is 18.4 Å². The molecule has 0 amide bonds. The zero-order chi connectivity index (χ0) is 23.1. The van der Waals surface area contributed by atoms with Crippen molar-refractivity contribution in [2.75, 3.05) is 20.1 Å². The van der Waals surface area contributed by atoms with E-state index in [9.17, 15) is 17.6 Å². The highest BCUT2D eigenvalue weighted by molar-refractivity contribution is 14.0. The number of hydrogen-bond acceptors (Lipinski definition) is 3. The number of guanidine groups is 1. The van der Waals surface area contributed by atoms with Crippen LogP contribution in [0.4, 0.5) is 17.6 Å². The lowest BCUT2D eigenvalue weighted by Gasteiger charge is -2.33. The second-order valence-electron chi connectivity index (χ2n) is 7.74. The van der Waals surface area contributed by atoms with Crippen LogP contribution in [0.15, 0.2) is 47.5 Å². The summed E-state index contributed by atoms with van der Waals surface area (Å²) in [5.74, 6) is 0.0972. The van der Waals surface area contributed by atoms with Gasteiger partial charge in [0.05, 0.1) is 17.2 Å². The third-order valence-corrected chi connectivity index (χ3v) is 5.44. The number of rotatable bonds is 5. The molecule has 10 heteroatoms. The first kappa shape index (κ1) is 26.9. The smallest absolute Gasteiger partial charge is 0.354 e. The lowest BCUT2D eigenvalue weighted by Crippen LogP contribution is -2.48. The minimum atomic E-state index is -4.34. The number of nitrogens with one attached hydrogen (secondary N) is 2. The van der Waals surface area contributed by atoms with Crippen LogP contribution in [0.1, 0.15) is 35.1 Å². The molecule has 2 N–H and O–H groups in total. The van der Waals surface area contributed by atoms with Crippen LogP contribution in [0.25, 0.3) is 0 Å². The van der Waals surface area contributed by atoms with Crippen LogP contribution >= 0.6 is 24.0 Å². The van der Waals surface area contributed by atoms with Gasteiger partial charge in [0.25, 0.3) is 0 Å². The van der Waals surface area contributed by atoms with Gasteiger partial charge in [0.1, 0.15) is 5.82 Å². The summed E-state index contributed by atoms with van der Waals surface area (Å²) in [6, 6.07) is 11.8. The van der Waals surface area contributed by atoms with Crippen LogP contribution < -0.4 is 10.6 Å². The summed E-state index contributed by atoms with van der Waals surface area (Å²) in [4.78, 5) is 6.31. The molecule has 1 heterocycles. The van der Waals surface area contributed by atoms with Crippen LogP contribution in [0.3, 0.4) is 0 Å². The molecule has 2 aromatic rings. The Bertz CT molecular complexity index is 995. The summed E-state index contributed by atoms with van der Waals surface area (Å²) in [6.07, 6.45) is -2.72. The number of alkyl halides is 3. The van der Waals surface area contributed by atoms with E-state index in [1.54, 1.807) is 25.2 Å². The number of nitriles is 1. The number of nitrogens with zero attached hydrogens (tertiary/aromatic N) is 3. The maximum absolute atomic E-state index is 14.0. The number of halogens is 5. The molecule has 0 bridgehead atoms. The fraction of sp³-hybridized carbons (Fsp3) is 0.391. The van der Waals surface area contributed by atoms with Crippen molar-refractivity contribution in [3.05, 3.63) is 70.5 Å². The third kappa shape index (κ3) is 7.85. The first-order chi connectivity index (χ1) is 15.3. The van der Waals surface area contributed by atoms with Gasteiger partial charge in [-0.3, -0.25) is 9.89 Å². The summed E-state index contributed by atoms with van der Waals surface area (Å²) in [5.41, 5.74) is 0.724. The maximum atomic E-state index is 14.0. The maximum Gasteiger partial charge on any atom is 0.416 e. The van der Waals surface area contributed by atoms with E-state index in [2.05, 4.69) is 20.5 Å². The standard InChI is InChI=1S/C23H25F4N5.HI/c1-29-22(30-14-18-6-5-16(13-28)12-21(18)24)31-20-7-9-32(10-8-20)15-17-3-2-4-19(11-17)23(25,26)27;/h2-6,11-12,20H,7-10,14-15H2,1H3,(H2,29,30,31);1H. The van der Waals surface area contributed by atoms with Crippen LogP contribution in [0.5, 0.6) is 0 Å². The van der Waals surface area contributed by atoms with E-state index >= 15 is 0 Å². The van der Waals surface area contributed by atoms with Crippen LogP contribution in [-0.4, -0.2) is 37.0 Å². The highest BCUT2D eigenvalue weighted by Gasteiger charge is 2.30. The quantitative estimate of drug-likeness (QED) is 0.236. The molecular weight excluding hydrogens is 549 g/mol. The van der Waals surface area contributed by atoms with Gasteiger partial charge in [0.2, 0.25) is 0 Å². The molecule has 5 nitrogen and oxygen atoms in total. The fourth-order valence-electron chi connectivity index (χ4n) is 3.67. The van der Waals surface area contributed by atoms with Crippen molar-refractivity contribution in [2.24, 2.45) is 4.99 Å². The molecule has 3 rings (SSSR count). The molecule has 0 saturated carbocycles. The highest BCUT2D eigenvalue weighted by Crippen LogP contribution is 2.30. The van der Waals surface area contributed by atoms with Crippen molar-refractivity contribution in [2.45, 2.75) is 38.1 Å². The number of benzene rings is 2. The van der Waals surface area contributed by atoms with E-state index in [1.807, 2.05) is 6.07 Å². The van der Waals surface area contributed by atoms with Gasteiger partial charge < -0.3 is 10.6 Å². The number of hydrogen-bond donors (Lipinski definition) is 2. The zero-order valence-electron chi connectivity index (χ0n) is 18.1. The Hall–Kier alpha value is -2.39. The summed E-state index contributed by atoms with van der Waals surface area (Å²) in [6.45, 7) is 2.19. The molecular formula is C23H26F4IN5. The number of aliphatic imine (C=N–C) groups is 1. The largest absolute Gasteiger partial charge is 0.416 e. The van der Waals surface area contributed by atoms with Crippen LogP contribution in [-0.2, 0) is 19.3 Å². The number of piperidine rings is 1. The topological polar surface area (TPSA) is 63.5 Å². The molecule has 1 aliphatic heterocycles. The molecule has 0 aliphatic carbocycles. The summed E-state index contributed by atoms with van der Waals surface area (Å²) in [5, 5.41) is 15.2. The van der Waals surface area contributed by atoms with E-state index in [-0.39, 0.29) is 42.1 Å². The number of likely N-dealkylation sites (tertiary alicyclic amines) is 1. The zero-order valence-corrected chi connectivity index (χ0v) is 20.5. The summed E-state index contributed by atoms with van der Waals surface area (Å²) >= 11 is 0. The van der Waals surface area contributed by atoms with Gasteiger partial charge in [0, 0.05) is 44.8 Å². The highest BCUT2D eigenvalue weighted by atomic mass is 127. The predicted molar refractivity (Wildman–Crippen MR) is 130 cm³/mol. The van der Waals surface area contributed by atoms with E-state index < -0.39 is 17.6 Å². The SMILES string of the molecule is CN=C(NCc1ccc(C#N)cc1F)NC1CCN(Cc2cccc(C(F)(F)F)c2)CC1.I. The van der Waals surface area contributed by atoms with Crippen molar-refractivity contribution in [3.63, 3.8) is 0 Å². The Kier molecular flexibility index (Phi) is 9.91. The Morgan fingerprint density at radius 2 is 1.91 bits per heavy atom. The molecule has 1 saturated heterocycles. The Labute approximate surface area is 207 Å². The minimum absolute atomic E-state index is 0. The molecule has 0 unspecified atom stereocenters. The predicted octanol–water partition coefficient (Wildman–Crippen LogP) is 4.66. The van der Waals surface area contributed by atoms with E-state index in [4.69, 9.17) is 5.26 Å². The molecule has 178 valence electrons. The van der Waals surface area contributed by atoms with E-state index in [0.29, 0.717) is 23.6 Å². The van der Waals surface area contributed by atoms with Gasteiger partial charge >= 0.3 is 6.18 Å². The Balaban J connectivity index is 0.00000385. The Morgan fingerprint density at radius 1 is 1.18 bits per heavy atom. The van der Waals surface area contributed by atoms with Crippen molar-refractivity contribution < 1.29 is 17.6 Å². The molecule has 0 spiro atoms. The van der Waals surface area contributed by atoms with Gasteiger partial charge in [-0.1, -0.05) is 24.3 Å². The molecule has 1 fully saturated rings. The van der Waals surface area contributed by atoms with Crippen molar-refractivity contribution in [1.29, 1.82) is 5.26 Å². The van der Waals surface area contributed by atoms with Gasteiger partial charge in [-0.05, 0) is 36.6 Å². The lowest BCUT2D eigenvalue weighted by atomic mass is 10.0. The fourth-order valence-corrected chi connectivity index (χ4v) is 3.67. The van der Waals surface area contributed by atoms with Crippen molar-refractivity contribution in [1.82, 2.24) is 15.5 Å². The monoisotopic (exact) mass is 575 g/mol. The van der Waals surface area contributed by atoms with Crippen molar-refractivity contribution in [3.8, 4) is 6.07 Å². The molecule has 33 heavy (non-hydrogen) atoms. The minimum Gasteiger partial charge on any atom is -0.354 e. The molecule has 2 aromatic carbocycles. The molecule has 0 atom stereocenters. The average Bonchev–Trinajstić information content (AvgIpc) is 2.78. The van der Waals surface area contributed by atoms with Gasteiger partial charge in [-0.25, -0.2) is 4.39 Å².